The molecule has 1 atom stereocenters. The third kappa shape index (κ3) is 2.75. The second kappa shape index (κ2) is 5.66. The molecule has 90 valence electrons. The molecule has 0 amide bonds. The maximum atomic E-state index is 7.34. The molecule has 0 saturated heterocycles. The van der Waals surface area contributed by atoms with Crippen molar-refractivity contribution in [3.05, 3.63) is 21.9 Å². The topological polar surface area (TPSA) is 75.9 Å². The first-order valence-corrected chi connectivity index (χ1v) is 6.25. The average molecular weight is 260 g/mol. The van der Waals surface area contributed by atoms with Gasteiger partial charge in [0, 0.05) is 21.9 Å². The highest BCUT2D eigenvalue weighted by Crippen LogP contribution is 2.36. The zero-order valence-corrected chi connectivity index (χ0v) is 10.7. The zero-order valence-electron chi connectivity index (χ0n) is 9.11. The summed E-state index contributed by atoms with van der Waals surface area (Å²) >= 11 is 1.63. The highest BCUT2D eigenvalue weighted by atomic mass is 35.5. The van der Waals surface area contributed by atoms with E-state index in [4.69, 9.17) is 16.9 Å². The SMILES string of the molecule is Cl.N=C(N)c1csc([C@H](N)C2CCCC2)c1. The number of thiophene rings is 1. The van der Waals surface area contributed by atoms with Crippen molar-refractivity contribution in [1.29, 1.82) is 5.41 Å². The Morgan fingerprint density at radius 2 is 2.06 bits per heavy atom. The van der Waals surface area contributed by atoms with E-state index in [2.05, 4.69) is 0 Å². The van der Waals surface area contributed by atoms with Gasteiger partial charge in [-0.1, -0.05) is 12.8 Å². The summed E-state index contributed by atoms with van der Waals surface area (Å²) < 4.78 is 0. The third-order valence-electron chi connectivity index (χ3n) is 3.17. The largest absolute Gasteiger partial charge is 0.384 e. The Kier molecular flexibility index (Phi) is 4.77. The molecule has 5 N–H and O–H groups in total. The molecule has 16 heavy (non-hydrogen) atoms. The van der Waals surface area contributed by atoms with E-state index >= 15 is 0 Å². The lowest BCUT2D eigenvalue weighted by molar-refractivity contribution is 0.450. The number of hydrogen-bond acceptors (Lipinski definition) is 3. The summed E-state index contributed by atoms with van der Waals surface area (Å²) in [5.74, 6) is 0.764. The lowest BCUT2D eigenvalue weighted by Crippen LogP contribution is -2.18. The van der Waals surface area contributed by atoms with E-state index in [9.17, 15) is 0 Å². The summed E-state index contributed by atoms with van der Waals surface area (Å²) in [6, 6.07) is 2.11. The fourth-order valence-corrected chi connectivity index (χ4v) is 3.22. The molecule has 0 radical (unpaired) electrons. The zero-order chi connectivity index (χ0) is 10.8. The first-order chi connectivity index (χ1) is 7.18. The molecule has 0 aliphatic heterocycles. The number of nitrogens with two attached hydrogens (primary N) is 2. The summed E-state index contributed by atoms with van der Waals surface area (Å²) in [7, 11) is 0. The Hall–Kier alpha value is -0.580. The lowest BCUT2D eigenvalue weighted by Gasteiger charge is -2.16. The first kappa shape index (κ1) is 13.5. The van der Waals surface area contributed by atoms with Gasteiger partial charge in [0.25, 0.3) is 0 Å². The van der Waals surface area contributed by atoms with Crippen LogP contribution >= 0.6 is 23.7 Å². The van der Waals surface area contributed by atoms with Crippen LogP contribution in [0.2, 0.25) is 0 Å². The predicted molar refractivity (Wildman–Crippen MR) is 71.5 cm³/mol. The van der Waals surface area contributed by atoms with Crippen LogP contribution in [-0.4, -0.2) is 5.84 Å². The van der Waals surface area contributed by atoms with Crippen LogP contribution < -0.4 is 11.5 Å². The number of nitrogen functional groups attached to an aromatic ring is 1. The fourth-order valence-electron chi connectivity index (χ4n) is 2.22. The second-order valence-electron chi connectivity index (χ2n) is 4.22. The Morgan fingerprint density at radius 1 is 1.44 bits per heavy atom. The lowest BCUT2D eigenvalue weighted by atomic mass is 9.97. The maximum absolute atomic E-state index is 7.34. The molecule has 1 aromatic heterocycles. The van der Waals surface area contributed by atoms with Gasteiger partial charge in [-0.05, 0) is 24.8 Å². The fraction of sp³-hybridized carbons (Fsp3) is 0.545. The van der Waals surface area contributed by atoms with Crippen LogP contribution in [0.25, 0.3) is 0 Å². The Morgan fingerprint density at radius 3 is 2.56 bits per heavy atom. The summed E-state index contributed by atoms with van der Waals surface area (Å²) in [6.07, 6.45) is 5.11. The van der Waals surface area contributed by atoms with E-state index < -0.39 is 0 Å². The van der Waals surface area contributed by atoms with Gasteiger partial charge < -0.3 is 11.5 Å². The highest BCUT2D eigenvalue weighted by molar-refractivity contribution is 7.10. The van der Waals surface area contributed by atoms with Crippen LogP contribution in [0.1, 0.15) is 42.2 Å². The van der Waals surface area contributed by atoms with Crippen molar-refractivity contribution >= 4 is 29.6 Å². The molecule has 0 aromatic carbocycles. The summed E-state index contributed by atoms with van der Waals surface area (Å²) in [4.78, 5) is 1.17. The molecule has 0 unspecified atom stereocenters. The van der Waals surface area contributed by atoms with E-state index in [0.29, 0.717) is 5.92 Å². The number of hydrogen-bond donors (Lipinski definition) is 3. The number of amidine groups is 1. The molecule has 3 nitrogen and oxygen atoms in total. The van der Waals surface area contributed by atoms with Crippen molar-refractivity contribution in [3.63, 3.8) is 0 Å². The van der Waals surface area contributed by atoms with Crippen molar-refractivity contribution in [2.75, 3.05) is 0 Å². The number of rotatable bonds is 3. The monoisotopic (exact) mass is 259 g/mol. The molecule has 5 heteroatoms. The van der Waals surface area contributed by atoms with Gasteiger partial charge in [0.05, 0.1) is 0 Å². The molecule has 1 aliphatic carbocycles. The highest BCUT2D eigenvalue weighted by Gasteiger charge is 2.24. The minimum atomic E-state index is 0. The normalized spacial score (nSPS) is 18.1. The van der Waals surface area contributed by atoms with Crippen molar-refractivity contribution in [2.45, 2.75) is 31.7 Å². The Labute approximate surface area is 106 Å². The standard InChI is InChI=1S/C11H17N3S.ClH/c12-10(7-3-1-2-4-7)9-5-8(6-15-9)11(13)14;/h5-7,10H,1-4,12H2,(H3,13,14);1H/t10-;/m1./s1. The van der Waals surface area contributed by atoms with Gasteiger partial charge in [-0.3, -0.25) is 5.41 Å². The van der Waals surface area contributed by atoms with Gasteiger partial charge in [0.2, 0.25) is 0 Å². The molecular formula is C11H18ClN3S. The van der Waals surface area contributed by atoms with E-state index in [0.717, 1.165) is 5.56 Å². The van der Waals surface area contributed by atoms with Gasteiger partial charge in [-0.15, -0.1) is 23.7 Å². The third-order valence-corrected chi connectivity index (χ3v) is 4.20. The molecule has 1 saturated carbocycles. The van der Waals surface area contributed by atoms with E-state index in [1.807, 2.05) is 11.4 Å². The predicted octanol–water partition coefficient (Wildman–Crippen LogP) is 2.64. The van der Waals surface area contributed by atoms with Gasteiger partial charge in [-0.2, -0.15) is 0 Å². The van der Waals surface area contributed by atoms with Gasteiger partial charge >= 0.3 is 0 Å². The number of halogens is 1. The minimum Gasteiger partial charge on any atom is -0.384 e. The summed E-state index contributed by atoms with van der Waals surface area (Å²) in [5, 5.41) is 9.27. The Bertz CT molecular complexity index is 358. The molecule has 1 aromatic rings. The average Bonchev–Trinajstić information content (AvgIpc) is 2.88. The molecule has 2 rings (SSSR count). The molecular weight excluding hydrogens is 242 g/mol. The van der Waals surface area contributed by atoms with Gasteiger partial charge in [0.15, 0.2) is 0 Å². The van der Waals surface area contributed by atoms with Crippen molar-refractivity contribution in [3.8, 4) is 0 Å². The van der Waals surface area contributed by atoms with Crippen LogP contribution in [0.3, 0.4) is 0 Å². The molecule has 1 heterocycles. The maximum Gasteiger partial charge on any atom is 0.123 e. The summed E-state index contributed by atoms with van der Waals surface area (Å²) in [6.45, 7) is 0. The number of nitrogens with one attached hydrogen (secondary N) is 1. The van der Waals surface area contributed by atoms with E-state index in [-0.39, 0.29) is 24.3 Å². The first-order valence-electron chi connectivity index (χ1n) is 5.37. The van der Waals surface area contributed by atoms with Gasteiger partial charge in [-0.25, -0.2) is 0 Å². The minimum absolute atomic E-state index is 0. The van der Waals surface area contributed by atoms with E-state index in [1.54, 1.807) is 11.3 Å². The van der Waals surface area contributed by atoms with Crippen LogP contribution in [-0.2, 0) is 0 Å². The van der Waals surface area contributed by atoms with Crippen molar-refractivity contribution in [1.82, 2.24) is 0 Å². The summed E-state index contributed by atoms with van der Waals surface area (Å²) in [5.41, 5.74) is 12.5. The van der Waals surface area contributed by atoms with Crippen LogP contribution in [0.5, 0.6) is 0 Å². The van der Waals surface area contributed by atoms with Crippen LogP contribution in [0.15, 0.2) is 11.4 Å². The molecule has 0 bridgehead atoms. The Balaban J connectivity index is 0.00000128. The van der Waals surface area contributed by atoms with Gasteiger partial charge in [0.1, 0.15) is 5.84 Å². The van der Waals surface area contributed by atoms with Crippen LogP contribution in [0.4, 0.5) is 0 Å². The smallest absolute Gasteiger partial charge is 0.123 e. The molecule has 0 spiro atoms. The van der Waals surface area contributed by atoms with Crippen molar-refractivity contribution in [2.24, 2.45) is 17.4 Å². The molecule has 1 aliphatic rings. The molecule has 1 fully saturated rings. The van der Waals surface area contributed by atoms with E-state index in [1.165, 1.54) is 30.6 Å². The van der Waals surface area contributed by atoms with Crippen molar-refractivity contribution < 1.29 is 0 Å². The van der Waals surface area contributed by atoms with Crippen LogP contribution in [0, 0.1) is 11.3 Å². The quantitative estimate of drug-likeness (QED) is 0.577. The second-order valence-corrected chi connectivity index (χ2v) is 5.16.